The number of hydrogen-bond donors (Lipinski definition) is 2. The maximum atomic E-state index is 5.69. The molecule has 0 heterocycles. The van der Waals surface area contributed by atoms with Crippen molar-refractivity contribution >= 4 is 39.5 Å². The van der Waals surface area contributed by atoms with Crippen LogP contribution in [-0.4, -0.2) is 24.5 Å². The van der Waals surface area contributed by atoms with Crippen molar-refractivity contribution in [2.45, 2.75) is 20.3 Å². The van der Waals surface area contributed by atoms with Crippen LogP contribution in [0.2, 0.25) is 0 Å². The normalized spacial score (nSPS) is 10.6. The zero-order valence-corrected chi connectivity index (χ0v) is 13.9. The molecule has 0 aliphatic rings. The molecule has 0 saturated carbocycles. The zero-order chi connectivity index (χ0) is 15.0. The maximum Gasteiger partial charge on any atom is 0.184 e. The quantitative estimate of drug-likeness (QED) is 0.445. The molecule has 0 saturated heterocycles. The van der Waals surface area contributed by atoms with Crippen LogP contribution in [0.15, 0.2) is 21.7 Å². The van der Waals surface area contributed by atoms with Crippen molar-refractivity contribution < 1.29 is 9.47 Å². The summed E-state index contributed by atoms with van der Waals surface area (Å²) in [6.07, 6.45) is 2.54. The smallest absolute Gasteiger partial charge is 0.184 e. The van der Waals surface area contributed by atoms with Crippen LogP contribution in [0.4, 0.5) is 0 Å². The van der Waals surface area contributed by atoms with Crippen molar-refractivity contribution in [3.05, 3.63) is 22.2 Å². The Morgan fingerprint density at radius 3 is 2.80 bits per heavy atom. The maximum absolute atomic E-state index is 5.69. The first-order valence-electron chi connectivity index (χ1n) is 6.26. The predicted octanol–water partition coefficient (Wildman–Crippen LogP) is 2.80. The van der Waals surface area contributed by atoms with Gasteiger partial charge >= 0.3 is 0 Å². The Morgan fingerprint density at radius 2 is 2.20 bits per heavy atom. The van der Waals surface area contributed by atoms with Gasteiger partial charge in [0.1, 0.15) is 0 Å². The molecule has 0 spiro atoms. The molecule has 0 amide bonds. The Balaban J connectivity index is 2.99. The summed E-state index contributed by atoms with van der Waals surface area (Å²) in [5.74, 6) is 1.38. The van der Waals surface area contributed by atoms with E-state index in [1.807, 2.05) is 19.1 Å². The summed E-state index contributed by atoms with van der Waals surface area (Å²) in [5.41, 5.74) is 8.64. The van der Waals surface area contributed by atoms with Crippen LogP contribution in [-0.2, 0) is 0 Å². The second kappa shape index (κ2) is 8.76. The van der Waals surface area contributed by atoms with Crippen molar-refractivity contribution in [2.24, 2.45) is 10.8 Å². The standard InChI is InChI=1S/C13H18BrN3O2S/c1-3-5-19-12-10(14)6-9(7-11(12)18-4-2)8-16-17-13(15)20/h6-8H,3-5H2,1-2H3,(H3,15,17,20)/b16-8+. The molecule has 0 bridgehead atoms. The lowest BCUT2D eigenvalue weighted by atomic mass is 10.2. The molecule has 1 rings (SSSR count). The molecule has 3 N–H and O–H groups in total. The summed E-state index contributed by atoms with van der Waals surface area (Å²) in [6, 6.07) is 3.74. The molecule has 0 radical (unpaired) electrons. The molecule has 0 aliphatic heterocycles. The van der Waals surface area contributed by atoms with E-state index in [2.05, 4.69) is 45.6 Å². The highest BCUT2D eigenvalue weighted by Crippen LogP contribution is 2.36. The van der Waals surface area contributed by atoms with Crippen molar-refractivity contribution in [1.29, 1.82) is 0 Å². The van der Waals surface area contributed by atoms with Gasteiger partial charge in [-0.05, 0) is 59.2 Å². The van der Waals surface area contributed by atoms with Gasteiger partial charge in [0.2, 0.25) is 0 Å². The SMILES string of the molecule is CCCOc1c(Br)cc(/C=N/NC(N)=S)cc1OCC. The average Bonchev–Trinajstić information content (AvgIpc) is 2.38. The van der Waals surface area contributed by atoms with Crippen molar-refractivity contribution in [3.8, 4) is 11.5 Å². The third-order valence-electron chi connectivity index (χ3n) is 2.17. The number of rotatable bonds is 7. The van der Waals surface area contributed by atoms with Crippen LogP contribution in [0.1, 0.15) is 25.8 Å². The molecule has 0 aliphatic carbocycles. The largest absolute Gasteiger partial charge is 0.490 e. The lowest BCUT2D eigenvalue weighted by Crippen LogP contribution is -2.23. The Morgan fingerprint density at radius 1 is 1.45 bits per heavy atom. The van der Waals surface area contributed by atoms with Crippen LogP contribution in [0.5, 0.6) is 11.5 Å². The number of nitrogens with one attached hydrogen (secondary N) is 1. The number of ether oxygens (including phenoxy) is 2. The molecule has 1 aromatic rings. The fourth-order valence-corrected chi connectivity index (χ4v) is 2.07. The lowest BCUT2D eigenvalue weighted by Gasteiger charge is -2.14. The molecule has 7 heteroatoms. The van der Waals surface area contributed by atoms with Gasteiger partial charge in [0.15, 0.2) is 16.6 Å². The van der Waals surface area contributed by atoms with Crippen molar-refractivity contribution in [1.82, 2.24) is 5.43 Å². The van der Waals surface area contributed by atoms with Gasteiger partial charge in [0.05, 0.1) is 23.9 Å². The van der Waals surface area contributed by atoms with E-state index in [1.54, 1.807) is 6.21 Å². The average molecular weight is 360 g/mol. The molecule has 20 heavy (non-hydrogen) atoms. The van der Waals surface area contributed by atoms with Crippen LogP contribution >= 0.6 is 28.1 Å². The van der Waals surface area contributed by atoms with Gasteiger partial charge < -0.3 is 15.2 Å². The van der Waals surface area contributed by atoms with Crippen LogP contribution in [0.3, 0.4) is 0 Å². The van der Waals surface area contributed by atoms with Gasteiger partial charge in [-0.3, -0.25) is 5.43 Å². The van der Waals surface area contributed by atoms with Gasteiger partial charge in [-0.15, -0.1) is 0 Å². The fraction of sp³-hybridized carbons (Fsp3) is 0.385. The number of nitrogens with two attached hydrogens (primary N) is 1. The molecule has 110 valence electrons. The summed E-state index contributed by atoms with van der Waals surface area (Å²) in [4.78, 5) is 0. The summed E-state index contributed by atoms with van der Waals surface area (Å²) in [6.45, 7) is 5.17. The molecule has 0 unspecified atom stereocenters. The number of halogens is 1. The first kappa shape index (κ1) is 16.7. The number of benzene rings is 1. The third-order valence-corrected chi connectivity index (χ3v) is 2.85. The molecular weight excluding hydrogens is 342 g/mol. The van der Waals surface area contributed by atoms with Crippen molar-refractivity contribution in [3.63, 3.8) is 0 Å². The summed E-state index contributed by atoms with van der Waals surface area (Å²) >= 11 is 8.15. The minimum absolute atomic E-state index is 0.119. The van der Waals surface area contributed by atoms with E-state index >= 15 is 0 Å². The monoisotopic (exact) mass is 359 g/mol. The minimum atomic E-state index is 0.119. The van der Waals surface area contributed by atoms with E-state index < -0.39 is 0 Å². The van der Waals surface area contributed by atoms with Crippen LogP contribution in [0, 0.1) is 0 Å². The highest BCUT2D eigenvalue weighted by Gasteiger charge is 2.11. The van der Waals surface area contributed by atoms with Gasteiger partial charge in [0.25, 0.3) is 0 Å². The van der Waals surface area contributed by atoms with Gasteiger partial charge in [-0.1, -0.05) is 6.92 Å². The van der Waals surface area contributed by atoms with E-state index in [9.17, 15) is 0 Å². The molecule has 0 fully saturated rings. The van der Waals surface area contributed by atoms with E-state index in [0.717, 1.165) is 16.5 Å². The van der Waals surface area contributed by atoms with Gasteiger partial charge in [0, 0.05) is 0 Å². The predicted molar refractivity (Wildman–Crippen MR) is 88.6 cm³/mol. The fourth-order valence-electron chi connectivity index (χ4n) is 1.44. The molecule has 0 atom stereocenters. The second-order valence-electron chi connectivity index (χ2n) is 3.85. The lowest BCUT2D eigenvalue weighted by molar-refractivity contribution is 0.275. The summed E-state index contributed by atoms with van der Waals surface area (Å²) in [5, 5.41) is 4.04. The van der Waals surface area contributed by atoms with E-state index in [1.165, 1.54) is 0 Å². The first-order chi connectivity index (χ1) is 9.58. The molecular formula is C13H18BrN3O2S. The van der Waals surface area contributed by atoms with E-state index in [0.29, 0.717) is 24.7 Å². The van der Waals surface area contributed by atoms with E-state index in [4.69, 9.17) is 15.2 Å². The molecule has 0 aromatic heterocycles. The van der Waals surface area contributed by atoms with E-state index in [-0.39, 0.29) is 5.11 Å². The second-order valence-corrected chi connectivity index (χ2v) is 5.14. The number of thiocarbonyl (C=S) groups is 1. The minimum Gasteiger partial charge on any atom is -0.490 e. The van der Waals surface area contributed by atoms with Crippen LogP contribution < -0.4 is 20.6 Å². The van der Waals surface area contributed by atoms with Gasteiger partial charge in [-0.2, -0.15) is 5.10 Å². The highest BCUT2D eigenvalue weighted by molar-refractivity contribution is 9.10. The van der Waals surface area contributed by atoms with Gasteiger partial charge in [-0.25, -0.2) is 0 Å². The molecule has 1 aromatic carbocycles. The topological polar surface area (TPSA) is 68.9 Å². The van der Waals surface area contributed by atoms with Crippen molar-refractivity contribution in [2.75, 3.05) is 13.2 Å². The Bertz CT molecular complexity index is 495. The zero-order valence-electron chi connectivity index (χ0n) is 11.5. The molecule has 5 nitrogen and oxygen atoms in total. The summed E-state index contributed by atoms with van der Waals surface area (Å²) < 4.78 is 12.1. The Hall–Kier alpha value is -1.34. The Labute approximate surface area is 132 Å². The number of hydrazone groups is 1. The summed E-state index contributed by atoms with van der Waals surface area (Å²) in [7, 11) is 0. The number of nitrogens with zero attached hydrogens (tertiary/aromatic N) is 1. The highest BCUT2D eigenvalue weighted by atomic mass is 79.9. The Kier molecular flexibility index (Phi) is 7.32. The third kappa shape index (κ3) is 5.34. The first-order valence-corrected chi connectivity index (χ1v) is 7.46. The van der Waals surface area contributed by atoms with Crippen LogP contribution in [0.25, 0.3) is 0 Å². The number of hydrogen-bond acceptors (Lipinski definition) is 4.